The van der Waals surface area contributed by atoms with E-state index in [2.05, 4.69) is 16.0 Å². The van der Waals surface area contributed by atoms with E-state index in [0.717, 1.165) is 11.1 Å². The summed E-state index contributed by atoms with van der Waals surface area (Å²) in [5.41, 5.74) is 2.81. The van der Waals surface area contributed by atoms with Crippen LogP contribution in [-0.2, 0) is 14.3 Å². The van der Waals surface area contributed by atoms with Crippen LogP contribution in [0.5, 0.6) is 0 Å². The molecule has 0 aliphatic carbocycles. The third-order valence-corrected chi connectivity index (χ3v) is 4.22. The van der Waals surface area contributed by atoms with Crippen molar-refractivity contribution in [2.75, 3.05) is 13.6 Å². The number of hydrogen-bond donors (Lipinski definition) is 3. The Labute approximate surface area is 168 Å². The second kappa shape index (κ2) is 10.0. The molecule has 0 bridgehead atoms. The first-order valence-corrected chi connectivity index (χ1v) is 8.94. The maximum atomic E-state index is 12.3. The Bertz CT molecular complexity index is 912. The fourth-order valence-corrected chi connectivity index (χ4v) is 2.45. The number of benzene rings is 2. The maximum absolute atomic E-state index is 12.3. The fraction of sp³-hybridized carbons (Fsp3) is 0.238. The molecule has 0 saturated heterocycles. The van der Waals surface area contributed by atoms with Gasteiger partial charge in [-0.05, 0) is 37.1 Å². The lowest BCUT2D eigenvalue weighted by atomic mass is 10.1. The molecule has 0 fully saturated rings. The van der Waals surface area contributed by atoms with E-state index in [1.807, 2.05) is 19.9 Å². The Kier molecular flexibility index (Phi) is 7.47. The Hall–Kier alpha value is -3.68. The highest BCUT2D eigenvalue weighted by atomic mass is 16.5. The lowest BCUT2D eigenvalue weighted by molar-refractivity contribution is -0.155. The highest BCUT2D eigenvalue weighted by Crippen LogP contribution is 2.17. The molecule has 3 N–H and O–H groups in total. The van der Waals surface area contributed by atoms with E-state index in [4.69, 9.17) is 4.74 Å². The van der Waals surface area contributed by atoms with Gasteiger partial charge in [-0.15, -0.1) is 0 Å². The van der Waals surface area contributed by atoms with Gasteiger partial charge in [-0.2, -0.15) is 0 Å². The lowest BCUT2D eigenvalue weighted by Crippen LogP contribution is -2.42. The molecule has 1 atom stereocenters. The van der Waals surface area contributed by atoms with Gasteiger partial charge >= 0.3 is 12.0 Å². The predicted molar refractivity (Wildman–Crippen MR) is 106 cm³/mol. The molecule has 2 aromatic carbocycles. The summed E-state index contributed by atoms with van der Waals surface area (Å²) < 4.78 is 5.23. The van der Waals surface area contributed by atoms with Gasteiger partial charge in [0.25, 0.3) is 11.8 Å². The molecule has 8 nitrogen and oxygen atoms in total. The Morgan fingerprint density at radius 1 is 0.966 bits per heavy atom. The molecule has 0 spiro atoms. The van der Waals surface area contributed by atoms with Gasteiger partial charge in [0.1, 0.15) is 6.54 Å². The first-order chi connectivity index (χ1) is 13.8. The van der Waals surface area contributed by atoms with Crippen LogP contribution in [0.2, 0.25) is 0 Å². The van der Waals surface area contributed by atoms with Gasteiger partial charge in [0.15, 0.2) is 0 Å². The molecule has 0 unspecified atom stereocenters. The summed E-state index contributed by atoms with van der Waals surface area (Å²) in [6.45, 7) is 3.39. The molecule has 0 aliphatic rings. The molecule has 152 valence electrons. The fourth-order valence-electron chi connectivity index (χ4n) is 2.45. The van der Waals surface area contributed by atoms with E-state index in [9.17, 15) is 19.2 Å². The molecular weight excluding hydrogens is 374 g/mol. The number of carbonyl (C=O) groups is 4. The minimum Gasteiger partial charge on any atom is -0.446 e. The molecule has 4 amide bonds. The molecule has 29 heavy (non-hydrogen) atoms. The summed E-state index contributed by atoms with van der Waals surface area (Å²) in [6.07, 6.45) is -1.33. The van der Waals surface area contributed by atoms with Crippen molar-refractivity contribution in [2.45, 2.75) is 20.0 Å². The van der Waals surface area contributed by atoms with Crippen LogP contribution >= 0.6 is 0 Å². The van der Waals surface area contributed by atoms with Crippen LogP contribution in [0, 0.1) is 13.8 Å². The predicted octanol–water partition coefficient (Wildman–Crippen LogP) is 1.77. The van der Waals surface area contributed by atoms with Crippen LogP contribution in [0.25, 0.3) is 0 Å². The zero-order chi connectivity index (χ0) is 21.4. The number of amides is 4. The first kappa shape index (κ1) is 21.6. The van der Waals surface area contributed by atoms with Crippen LogP contribution in [0.3, 0.4) is 0 Å². The van der Waals surface area contributed by atoms with E-state index in [-0.39, 0.29) is 0 Å². The number of aryl methyl sites for hydroxylation is 2. The van der Waals surface area contributed by atoms with Crippen molar-refractivity contribution in [1.29, 1.82) is 0 Å². The van der Waals surface area contributed by atoms with Gasteiger partial charge in [-0.3, -0.25) is 19.7 Å². The number of nitrogens with one attached hydrogen (secondary N) is 3. The Balaban J connectivity index is 2.03. The molecule has 0 saturated carbocycles. The standard InChI is InChI=1S/C21H23N3O5/c1-13-9-10-16(11-14(13)2)19(26)23-12-17(25)29-18(15-7-5-4-6-8-15)20(27)24-21(28)22-3/h4-11,18H,12H2,1-3H3,(H,23,26)(H2,22,24,27,28)/t18-/m1/s1. The smallest absolute Gasteiger partial charge is 0.326 e. The SMILES string of the molecule is CNC(=O)NC(=O)[C@H](OC(=O)CNC(=O)c1ccc(C)c(C)c1)c1ccccc1. The van der Waals surface area contributed by atoms with Crippen LogP contribution in [-0.4, -0.2) is 37.4 Å². The van der Waals surface area contributed by atoms with Crippen molar-refractivity contribution < 1.29 is 23.9 Å². The first-order valence-electron chi connectivity index (χ1n) is 8.94. The van der Waals surface area contributed by atoms with E-state index in [1.54, 1.807) is 42.5 Å². The molecule has 0 radical (unpaired) electrons. The van der Waals surface area contributed by atoms with Gasteiger partial charge in [0, 0.05) is 18.2 Å². The number of esters is 1. The normalized spacial score (nSPS) is 11.1. The van der Waals surface area contributed by atoms with Crippen molar-refractivity contribution in [3.8, 4) is 0 Å². The Morgan fingerprint density at radius 3 is 2.28 bits per heavy atom. The summed E-state index contributed by atoms with van der Waals surface area (Å²) in [6, 6.07) is 12.7. The molecule has 2 aromatic rings. The molecular formula is C21H23N3O5. The van der Waals surface area contributed by atoms with E-state index in [0.29, 0.717) is 11.1 Å². The monoisotopic (exact) mass is 397 g/mol. The van der Waals surface area contributed by atoms with E-state index in [1.165, 1.54) is 7.05 Å². The average Bonchev–Trinajstić information content (AvgIpc) is 2.72. The van der Waals surface area contributed by atoms with Gasteiger partial charge < -0.3 is 15.4 Å². The number of urea groups is 1. The summed E-state index contributed by atoms with van der Waals surface area (Å²) in [5, 5.41) is 6.80. The molecule has 0 aromatic heterocycles. The van der Waals surface area contributed by atoms with E-state index >= 15 is 0 Å². The van der Waals surface area contributed by atoms with Crippen molar-refractivity contribution in [3.05, 3.63) is 70.8 Å². The second-order valence-electron chi connectivity index (χ2n) is 6.33. The van der Waals surface area contributed by atoms with Crippen LogP contribution < -0.4 is 16.0 Å². The zero-order valence-electron chi connectivity index (χ0n) is 16.4. The molecule has 2 rings (SSSR count). The number of carbonyl (C=O) groups excluding carboxylic acids is 4. The van der Waals surface area contributed by atoms with Crippen molar-refractivity contribution in [1.82, 2.24) is 16.0 Å². The number of imide groups is 1. The zero-order valence-corrected chi connectivity index (χ0v) is 16.4. The Morgan fingerprint density at radius 2 is 1.66 bits per heavy atom. The summed E-state index contributed by atoms with van der Waals surface area (Å²) in [4.78, 5) is 48.2. The topological polar surface area (TPSA) is 114 Å². The van der Waals surface area contributed by atoms with Crippen molar-refractivity contribution in [2.24, 2.45) is 0 Å². The van der Waals surface area contributed by atoms with Gasteiger partial charge in [-0.25, -0.2) is 4.79 Å². The van der Waals surface area contributed by atoms with Crippen LogP contribution in [0.4, 0.5) is 4.79 Å². The average molecular weight is 397 g/mol. The highest BCUT2D eigenvalue weighted by Gasteiger charge is 2.26. The van der Waals surface area contributed by atoms with Crippen LogP contribution in [0.15, 0.2) is 48.5 Å². The minimum absolute atomic E-state index is 0.391. The minimum atomic E-state index is -1.33. The largest absolute Gasteiger partial charge is 0.446 e. The van der Waals surface area contributed by atoms with E-state index < -0.39 is 36.5 Å². The quantitative estimate of drug-likeness (QED) is 0.643. The number of ether oxygens (including phenoxy) is 1. The maximum Gasteiger partial charge on any atom is 0.326 e. The van der Waals surface area contributed by atoms with Crippen molar-refractivity contribution in [3.63, 3.8) is 0 Å². The number of rotatable bonds is 6. The highest BCUT2D eigenvalue weighted by molar-refractivity contribution is 5.98. The van der Waals surface area contributed by atoms with Gasteiger partial charge in [-0.1, -0.05) is 36.4 Å². The second-order valence-corrected chi connectivity index (χ2v) is 6.33. The summed E-state index contributed by atoms with van der Waals surface area (Å²) in [7, 11) is 1.36. The summed E-state index contributed by atoms with van der Waals surface area (Å²) >= 11 is 0. The molecule has 0 aliphatic heterocycles. The lowest BCUT2D eigenvalue weighted by Gasteiger charge is -2.17. The van der Waals surface area contributed by atoms with Gasteiger partial charge in [0.05, 0.1) is 0 Å². The number of hydrogen-bond acceptors (Lipinski definition) is 5. The summed E-state index contributed by atoms with van der Waals surface area (Å²) in [5.74, 6) is -2.05. The third-order valence-electron chi connectivity index (χ3n) is 4.22. The molecule has 8 heteroatoms. The van der Waals surface area contributed by atoms with Crippen molar-refractivity contribution >= 4 is 23.8 Å². The third kappa shape index (κ3) is 6.17. The van der Waals surface area contributed by atoms with Crippen LogP contribution in [0.1, 0.15) is 33.2 Å². The molecule has 0 heterocycles. The van der Waals surface area contributed by atoms with Gasteiger partial charge in [0.2, 0.25) is 6.10 Å².